The van der Waals surface area contributed by atoms with Crippen molar-refractivity contribution in [3.8, 4) is 0 Å². The Bertz CT molecular complexity index is 1130. The van der Waals surface area contributed by atoms with Crippen LogP contribution >= 0.6 is 11.6 Å². The van der Waals surface area contributed by atoms with E-state index in [0.717, 1.165) is 11.1 Å². The number of nitrogens with one attached hydrogen (secondary N) is 1. The zero-order valence-electron chi connectivity index (χ0n) is 14.7. The average molecular weight is 394 g/mol. The minimum Gasteiger partial charge on any atom is -0.408 e. The summed E-state index contributed by atoms with van der Waals surface area (Å²) in [6.07, 6.45) is 3.38. The molecule has 0 bridgehead atoms. The van der Waals surface area contributed by atoms with Crippen LogP contribution < -0.4 is 11.1 Å². The van der Waals surface area contributed by atoms with E-state index in [1.54, 1.807) is 30.6 Å². The molecule has 140 valence electrons. The fraction of sp³-hybridized carbons (Fsp3) is 0.0952. The van der Waals surface area contributed by atoms with Crippen molar-refractivity contribution in [1.82, 2.24) is 14.9 Å². The maximum atomic E-state index is 12.8. The molecule has 2 heterocycles. The van der Waals surface area contributed by atoms with Gasteiger partial charge in [-0.05, 0) is 29.3 Å². The molecular formula is C21H16ClN3O3. The van der Waals surface area contributed by atoms with Crippen LogP contribution in [0.25, 0.3) is 11.1 Å². The van der Waals surface area contributed by atoms with Crippen LogP contribution in [0.15, 0.2) is 82.3 Å². The van der Waals surface area contributed by atoms with Gasteiger partial charge >= 0.3 is 5.76 Å². The Hall–Kier alpha value is -3.38. The van der Waals surface area contributed by atoms with Gasteiger partial charge in [0.2, 0.25) is 5.91 Å². The van der Waals surface area contributed by atoms with Gasteiger partial charge in [-0.15, -0.1) is 0 Å². The highest BCUT2D eigenvalue weighted by atomic mass is 35.5. The highest BCUT2D eigenvalue weighted by molar-refractivity contribution is 6.31. The molecule has 0 aliphatic rings. The number of amides is 1. The molecule has 0 radical (unpaired) electrons. The molecule has 0 saturated heterocycles. The lowest BCUT2D eigenvalue weighted by Crippen LogP contribution is -2.34. The van der Waals surface area contributed by atoms with E-state index in [-0.39, 0.29) is 18.5 Å². The van der Waals surface area contributed by atoms with E-state index in [0.29, 0.717) is 16.1 Å². The molecule has 28 heavy (non-hydrogen) atoms. The van der Waals surface area contributed by atoms with Crippen LogP contribution in [0.1, 0.15) is 17.2 Å². The van der Waals surface area contributed by atoms with Gasteiger partial charge < -0.3 is 9.73 Å². The van der Waals surface area contributed by atoms with Crippen molar-refractivity contribution < 1.29 is 9.21 Å². The monoisotopic (exact) mass is 393 g/mol. The summed E-state index contributed by atoms with van der Waals surface area (Å²) in [4.78, 5) is 29.1. The second-order valence-electron chi connectivity index (χ2n) is 6.26. The van der Waals surface area contributed by atoms with Crippen LogP contribution in [-0.2, 0) is 11.3 Å². The summed E-state index contributed by atoms with van der Waals surface area (Å²) < 4.78 is 6.47. The first kappa shape index (κ1) is 18.0. The summed E-state index contributed by atoms with van der Waals surface area (Å²) in [6, 6.07) is 17.8. The van der Waals surface area contributed by atoms with Gasteiger partial charge in [-0.1, -0.05) is 48.0 Å². The first-order valence-electron chi connectivity index (χ1n) is 8.65. The Labute approximate surface area is 165 Å². The smallest absolute Gasteiger partial charge is 0.408 e. The standard InChI is InChI=1S/C21H16ClN3O3/c22-16-8-9-17-18(11-16)28-21(27)25(17)13-19(26)24-20(14-5-2-1-3-6-14)15-7-4-10-23-12-15/h1-12,20H,13H2,(H,24,26)/t20-/m0/s1. The fourth-order valence-corrected chi connectivity index (χ4v) is 3.25. The lowest BCUT2D eigenvalue weighted by atomic mass is 10.0. The molecule has 7 heteroatoms. The highest BCUT2D eigenvalue weighted by Gasteiger charge is 2.19. The molecule has 1 atom stereocenters. The van der Waals surface area contributed by atoms with Crippen LogP contribution in [0, 0.1) is 0 Å². The number of halogens is 1. The molecule has 6 nitrogen and oxygen atoms in total. The fourth-order valence-electron chi connectivity index (χ4n) is 3.09. The number of fused-ring (bicyclic) bond motifs is 1. The van der Waals surface area contributed by atoms with Gasteiger partial charge in [0.25, 0.3) is 0 Å². The van der Waals surface area contributed by atoms with Gasteiger partial charge in [-0.3, -0.25) is 14.3 Å². The van der Waals surface area contributed by atoms with Crippen LogP contribution in [0.3, 0.4) is 0 Å². The third-order valence-electron chi connectivity index (χ3n) is 4.39. The van der Waals surface area contributed by atoms with Crippen LogP contribution in [0.4, 0.5) is 0 Å². The normalized spacial score (nSPS) is 12.0. The van der Waals surface area contributed by atoms with E-state index in [9.17, 15) is 9.59 Å². The second-order valence-corrected chi connectivity index (χ2v) is 6.70. The number of carbonyl (C=O) groups is 1. The summed E-state index contributed by atoms with van der Waals surface area (Å²) in [5, 5.41) is 3.44. The third kappa shape index (κ3) is 3.68. The van der Waals surface area contributed by atoms with Crippen molar-refractivity contribution in [2.75, 3.05) is 0 Å². The SMILES string of the molecule is O=C(Cn1c(=O)oc2cc(Cl)ccc21)N[C@@H](c1ccccc1)c1cccnc1. The number of aromatic nitrogens is 2. The van der Waals surface area contributed by atoms with Crippen LogP contribution in [0.2, 0.25) is 5.02 Å². The third-order valence-corrected chi connectivity index (χ3v) is 4.62. The molecule has 4 aromatic rings. The summed E-state index contributed by atoms with van der Waals surface area (Å²) in [5.41, 5.74) is 2.62. The van der Waals surface area contributed by atoms with E-state index < -0.39 is 5.76 Å². The van der Waals surface area contributed by atoms with E-state index in [1.165, 1.54) is 4.57 Å². The van der Waals surface area contributed by atoms with Crippen molar-refractivity contribution in [3.05, 3.63) is 99.8 Å². The van der Waals surface area contributed by atoms with Crippen molar-refractivity contribution in [1.29, 1.82) is 0 Å². The number of hydrogen-bond donors (Lipinski definition) is 1. The number of oxazole rings is 1. The van der Waals surface area contributed by atoms with Crippen molar-refractivity contribution >= 4 is 28.6 Å². The van der Waals surface area contributed by atoms with E-state index in [4.69, 9.17) is 16.0 Å². The maximum absolute atomic E-state index is 12.8. The predicted molar refractivity (Wildman–Crippen MR) is 106 cm³/mol. The first-order valence-corrected chi connectivity index (χ1v) is 9.03. The summed E-state index contributed by atoms with van der Waals surface area (Å²) in [7, 11) is 0. The Balaban J connectivity index is 1.62. The molecule has 0 fully saturated rings. The molecule has 0 spiro atoms. The van der Waals surface area contributed by atoms with E-state index in [2.05, 4.69) is 10.3 Å². The number of nitrogens with zero attached hydrogens (tertiary/aromatic N) is 2. The molecule has 0 aliphatic heterocycles. The van der Waals surface area contributed by atoms with Gasteiger partial charge in [0.05, 0.1) is 11.6 Å². The average Bonchev–Trinajstić information content (AvgIpc) is 3.01. The van der Waals surface area contributed by atoms with Gasteiger partial charge in [0.15, 0.2) is 5.58 Å². The maximum Gasteiger partial charge on any atom is 0.420 e. The molecule has 4 rings (SSSR count). The molecule has 1 amide bonds. The number of carbonyl (C=O) groups excluding carboxylic acids is 1. The zero-order chi connectivity index (χ0) is 19.5. The Kier molecular flexibility index (Phi) is 4.95. The lowest BCUT2D eigenvalue weighted by molar-refractivity contribution is -0.122. The van der Waals surface area contributed by atoms with Crippen molar-refractivity contribution in [3.63, 3.8) is 0 Å². The Morgan fingerprint density at radius 1 is 1.11 bits per heavy atom. The van der Waals surface area contributed by atoms with Crippen LogP contribution in [0.5, 0.6) is 0 Å². The van der Waals surface area contributed by atoms with Gasteiger partial charge in [0.1, 0.15) is 6.54 Å². The first-order chi connectivity index (χ1) is 13.6. The molecule has 2 aromatic heterocycles. The van der Waals surface area contributed by atoms with Gasteiger partial charge in [-0.2, -0.15) is 0 Å². The summed E-state index contributed by atoms with van der Waals surface area (Å²) in [5.74, 6) is -0.928. The Morgan fingerprint density at radius 2 is 1.89 bits per heavy atom. The van der Waals surface area contributed by atoms with Crippen molar-refractivity contribution in [2.24, 2.45) is 0 Å². The van der Waals surface area contributed by atoms with Crippen molar-refractivity contribution in [2.45, 2.75) is 12.6 Å². The predicted octanol–water partition coefficient (Wildman–Crippen LogP) is 3.55. The number of rotatable bonds is 5. The van der Waals surface area contributed by atoms with Gasteiger partial charge in [-0.25, -0.2) is 4.79 Å². The molecule has 0 unspecified atom stereocenters. The summed E-state index contributed by atoms with van der Waals surface area (Å²) in [6.45, 7) is -0.170. The largest absolute Gasteiger partial charge is 0.420 e. The lowest BCUT2D eigenvalue weighted by Gasteiger charge is -2.19. The number of pyridine rings is 1. The van der Waals surface area contributed by atoms with E-state index in [1.807, 2.05) is 42.5 Å². The minimum atomic E-state index is -0.606. The zero-order valence-corrected chi connectivity index (χ0v) is 15.5. The quantitative estimate of drug-likeness (QED) is 0.562. The molecule has 0 aliphatic carbocycles. The molecule has 0 saturated carbocycles. The Morgan fingerprint density at radius 3 is 2.64 bits per heavy atom. The second kappa shape index (κ2) is 7.70. The number of hydrogen-bond acceptors (Lipinski definition) is 4. The molecule has 2 aromatic carbocycles. The highest BCUT2D eigenvalue weighted by Crippen LogP contribution is 2.22. The van der Waals surface area contributed by atoms with E-state index >= 15 is 0 Å². The molecule has 1 N–H and O–H groups in total. The minimum absolute atomic E-state index is 0.170. The number of benzene rings is 2. The topological polar surface area (TPSA) is 77.1 Å². The molecular weight excluding hydrogens is 378 g/mol. The van der Waals surface area contributed by atoms with Crippen LogP contribution in [-0.4, -0.2) is 15.5 Å². The van der Waals surface area contributed by atoms with Gasteiger partial charge in [0, 0.05) is 23.5 Å². The summed E-state index contributed by atoms with van der Waals surface area (Å²) >= 11 is 5.93.